The molecule has 3 heteroatoms. The molecule has 0 N–H and O–H groups in total. The van der Waals surface area contributed by atoms with E-state index < -0.39 is 0 Å². The van der Waals surface area contributed by atoms with E-state index in [2.05, 4.69) is 15.9 Å². The average molecular weight is 305 g/mol. The maximum Gasteiger partial charge on any atom is 0.194 e. The molecule has 2 aromatic rings. The third-order valence-electron chi connectivity index (χ3n) is 2.73. The van der Waals surface area contributed by atoms with Gasteiger partial charge in [-0.1, -0.05) is 29.8 Å². The van der Waals surface area contributed by atoms with Crippen LogP contribution in [0.5, 0.6) is 5.75 Å². The number of rotatable bonds is 3. The monoisotopic (exact) mass is 304 g/mol. The summed E-state index contributed by atoms with van der Waals surface area (Å²) in [5, 5.41) is 0. The Balaban J connectivity index is 2.37. The van der Waals surface area contributed by atoms with Crippen LogP contribution in [0.25, 0.3) is 0 Å². The van der Waals surface area contributed by atoms with Gasteiger partial charge < -0.3 is 4.74 Å². The predicted octanol–water partition coefficient (Wildman–Crippen LogP) is 4.00. The van der Waals surface area contributed by atoms with Crippen LogP contribution >= 0.6 is 15.9 Å². The van der Waals surface area contributed by atoms with Crippen LogP contribution in [-0.4, -0.2) is 12.9 Å². The highest BCUT2D eigenvalue weighted by molar-refractivity contribution is 9.10. The summed E-state index contributed by atoms with van der Waals surface area (Å²) in [5.41, 5.74) is 2.46. The highest BCUT2D eigenvalue weighted by Gasteiger charge is 2.12. The van der Waals surface area contributed by atoms with Gasteiger partial charge >= 0.3 is 0 Å². The van der Waals surface area contributed by atoms with E-state index in [1.54, 1.807) is 25.3 Å². The van der Waals surface area contributed by atoms with E-state index in [-0.39, 0.29) is 5.78 Å². The van der Waals surface area contributed by atoms with E-state index in [0.717, 1.165) is 15.8 Å². The van der Waals surface area contributed by atoms with Crippen molar-refractivity contribution in [3.63, 3.8) is 0 Å². The molecule has 0 spiro atoms. The molecule has 2 rings (SSSR count). The van der Waals surface area contributed by atoms with Crippen LogP contribution < -0.4 is 4.74 Å². The molecule has 0 aliphatic carbocycles. The first-order chi connectivity index (χ1) is 8.61. The summed E-state index contributed by atoms with van der Waals surface area (Å²) in [5.74, 6) is 0.729. The third kappa shape index (κ3) is 2.62. The second kappa shape index (κ2) is 5.36. The first kappa shape index (κ1) is 12.8. The lowest BCUT2D eigenvalue weighted by molar-refractivity contribution is 0.103. The quantitative estimate of drug-likeness (QED) is 0.801. The summed E-state index contributed by atoms with van der Waals surface area (Å²) in [7, 11) is 1.60. The van der Waals surface area contributed by atoms with Crippen molar-refractivity contribution in [2.75, 3.05) is 7.11 Å². The number of benzene rings is 2. The number of carbonyl (C=O) groups is 1. The van der Waals surface area contributed by atoms with Gasteiger partial charge in [0.2, 0.25) is 0 Å². The van der Waals surface area contributed by atoms with Crippen molar-refractivity contribution in [2.24, 2.45) is 0 Å². The van der Waals surface area contributed by atoms with Gasteiger partial charge in [0.15, 0.2) is 5.78 Å². The Kier molecular flexibility index (Phi) is 3.82. The molecular weight excluding hydrogens is 292 g/mol. The number of methoxy groups -OCH3 is 1. The number of ketones is 1. The molecule has 0 atom stereocenters. The fraction of sp³-hybridized carbons (Fsp3) is 0.133. The largest absolute Gasteiger partial charge is 0.497 e. The van der Waals surface area contributed by atoms with Crippen LogP contribution in [-0.2, 0) is 0 Å². The van der Waals surface area contributed by atoms with Crippen molar-refractivity contribution in [1.82, 2.24) is 0 Å². The minimum Gasteiger partial charge on any atom is -0.497 e. The summed E-state index contributed by atoms with van der Waals surface area (Å²) in [4.78, 5) is 12.3. The fourth-order valence-corrected chi connectivity index (χ4v) is 2.21. The summed E-state index contributed by atoms with van der Waals surface area (Å²) >= 11 is 3.40. The maximum absolute atomic E-state index is 12.3. The highest BCUT2D eigenvalue weighted by Crippen LogP contribution is 2.25. The molecule has 18 heavy (non-hydrogen) atoms. The number of aryl methyl sites for hydroxylation is 1. The number of halogens is 1. The smallest absolute Gasteiger partial charge is 0.194 e. The molecule has 0 aliphatic heterocycles. The van der Waals surface area contributed by atoms with Crippen molar-refractivity contribution >= 4 is 21.7 Å². The van der Waals surface area contributed by atoms with Crippen molar-refractivity contribution < 1.29 is 9.53 Å². The van der Waals surface area contributed by atoms with Crippen molar-refractivity contribution in [3.05, 3.63) is 63.6 Å². The lowest BCUT2D eigenvalue weighted by atomic mass is 10.0. The van der Waals surface area contributed by atoms with E-state index in [4.69, 9.17) is 4.74 Å². The van der Waals surface area contributed by atoms with Crippen LogP contribution in [0.2, 0.25) is 0 Å². The Morgan fingerprint density at radius 2 is 1.78 bits per heavy atom. The topological polar surface area (TPSA) is 26.3 Å². The molecule has 0 aliphatic rings. The van der Waals surface area contributed by atoms with E-state index >= 15 is 0 Å². The molecule has 0 heterocycles. The highest BCUT2D eigenvalue weighted by atomic mass is 79.9. The van der Waals surface area contributed by atoms with Gasteiger partial charge in [-0.05, 0) is 41.1 Å². The van der Waals surface area contributed by atoms with Crippen LogP contribution in [0.4, 0.5) is 0 Å². The summed E-state index contributed by atoms with van der Waals surface area (Å²) in [6.07, 6.45) is 0. The van der Waals surface area contributed by atoms with Gasteiger partial charge in [0.05, 0.1) is 7.11 Å². The average Bonchev–Trinajstić information content (AvgIpc) is 2.38. The Labute approximate surface area is 115 Å². The minimum absolute atomic E-state index is 0.00419. The number of hydrogen-bond donors (Lipinski definition) is 0. The number of ether oxygens (including phenoxy) is 1. The van der Waals surface area contributed by atoms with Crippen LogP contribution in [0.3, 0.4) is 0 Å². The molecule has 0 fully saturated rings. The zero-order valence-corrected chi connectivity index (χ0v) is 11.8. The molecule has 2 nitrogen and oxygen atoms in total. The van der Waals surface area contributed by atoms with Crippen molar-refractivity contribution in [2.45, 2.75) is 6.92 Å². The first-order valence-electron chi connectivity index (χ1n) is 5.56. The van der Waals surface area contributed by atoms with Gasteiger partial charge in [0.1, 0.15) is 5.75 Å². The third-order valence-corrected chi connectivity index (χ3v) is 3.39. The molecule has 2 aromatic carbocycles. The van der Waals surface area contributed by atoms with Crippen LogP contribution in [0, 0.1) is 6.92 Å². The number of carbonyl (C=O) groups excluding carboxylic acids is 1. The molecule has 0 bridgehead atoms. The SMILES string of the molecule is COc1ccc(C(=O)c2ccc(C)cc2)c(Br)c1. The molecule has 0 amide bonds. The zero-order valence-electron chi connectivity index (χ0n) is 10.2. The second-order valence-electron chi connectivity index (χ2n) is 4.04. The standard InChI is InChI=1S/C15H13BrO2/c1-10-3-5-11(6-4-10)15(17)13-8-7-12(18-2)9-14(13)16/h3-9H,1-2H3. The molecule has 0 saturated carbocycles. The van der Waals surface area contributed by atoms with E-state index in [9.17, 15) is 4.79 Å². The van der Waals surface area contributed by atoms with Gasteiger partial charge in [0, 0.05) is 15.6 Å². The van der Waals surface area contributed by atoms with E-state index in [1.165, 1.54) is 0 Å². The molecule has 92 valence electrons. The van der Waals surface area contributed by atoms with E-state index in [0.29, 0.717) is 11.1 Å². The van der Waals surface area contributed by atoms with Crippen molar-refractivity contribution in [1.29, 1.82) is 0 Å². The van der Waals surface area contributed by atoms with Gasteiger partial charge in [-0.3, -0.25) is 4.79 Å². The molecule has 0 aromatic heterocycles. The molecular formula is C15H13BrO2. The molecule has 0 unspecified atom stereocenters. The first-order valence-corrected chi connectivity index (χ1v) is 6.36. The van der Waals surface area contributed by atoms with Gasteiger partial charge in [-0.25, -0.2) is 0 Å². The van der Waals surface area contributed by atoms with Crippen LogP contribution in [0.15, 0.2) is 46.9 Å². The van der Waals surface area contributed by atoms with E-state index in [1.807, 2.05) is 31.2 Å². The number of hydrogen-bond acceptors (Lipinski definition) is 2. The maximum atomic E-state index is 12.3. The summed E-state index contributed by atoms with van der Waals surface area (Å²) < 4.78 is 5.85. The zero-order chi connectivity index (χ0) is 13.1. The normalized spacial score (nSPS) is 10.2. The summed E-state index contributed by atoms with van der Waals surface area (Å²) in [6.45, 7) is 2.00. The lowest BCUT2D eigenvalue weighted by Gasteiger charge is -2.06. The lowest BCUT2D eigenvalue weighted by Crippen LogP contribution is -2.02. The Morgan fingerprint density at radius 3 is 2.33 bits per heavy atom. The fourth-order valence-electron chi connectivity index (χ4n) is 1.67. The summed E-state index contributed by atoms with van der Waals surface area (Å²) in [6, 6.07) is 12.9. The van der Waals surface area contributed by atoms with Crippen molar-refractivity contribution in [3.8, 4) is 5.75 Å². The van der Waals surface area contributed by atoms with Gasteiger partial charge in [-0.15, -0.1) is 0 Å². The Morgan fingerprint density at radius 1 is 1.11 bits per heavy atom. The predicted molar refractivity (Wildman–Crippen MR) is 75.3 cm³/mol. The molecule has 0 saturated heterocycles. The van der Waals surface area contributed by atoms with Gasteiger partial charge in [-0.2, -0.15) is 0 Å². The Hall–Kier alpha value is -1.61. The minimum atomic E-state index is 0.00419. The Bertz CT molecular complexity index is 574. The second-order valence-corrected chi connectivity index (χ2v) is 4.90. The van der Waals surface area contributed by atoms with Gasteiger partial charge in [0.25, 0.3) is 0 Å². The van der Waals surface area contributed by atoms with Crippen LogP contribution in [0.1, 0.15) is 21.5 Å². The molecule has 0 radical (unpaired) electrons.